The highest BCUT2D eigenvalue weighted by Crippen LogP contribution is 2.31. The standard InChI is InChI=1S/C26H25N3O5S/c1-33-24-9-7-22(17-25(24)34-18-19-10-13-27-14-11-19)29-26(30)12-15-28-35(31,32)23-8-6-20-4-2-3-5-21(20)16-23/h2-11,13-14,16-17,28H,12,15,18H2,1H3,(H,29,30). The molecule has 0 unspecified atom stereocenters. The van der Waals surface area contributed by atoms with Crippen LogP contribution < -0.4 is 19.5 Å². The number of sulfonamides is 1. The van der Waals surface area contributed by atoms with Crippen molar-refractivity contribution >= 4 is 32.4 Å². The van der Waals surface area contributed by atoms with E-state index in [0.29, 0.717) is 23.8 Å². The molecule has 0 aliphatic heterocycles. The van der Waals surface area contributed by atoms with Crippen LogP contribution in [0.4, 0.5) is 5.69 Å². The van der Waals surface area contributed by atoms with Gasteiger partial charge in [-0.15, -0.1) is 0 Å². The van der Waals surface area contributed by atoms with E-state index in [1.165, 1.54) is 7.11 Å². The van der Waals surface area contributed by atoms with Crippen molar-refractivity contribution in [3.05, 3.63) is 90.8 Å². The van der Waals surface area contributed by atoms with E-state index >= 15 is 0 Å². The van der Waals surface area contributed by atoms with Crippen molar-refractivity contribution < 1.29 is 22.7 Å². The number of pyridine rings is 1. The minimum atomic E-state index is -3.74. The Hall–Kier alpha value is -3.95. The Morgan fingerprint density at radius 3 is 2.46 bits per heavy atom. The first kappa shape index (κ1) is 24.2. The molecule has 0 aliphatic carbocycles. The van der Waals surface area contributed by atoms with Crippen LogP contribution in [0.2, 0.25) is 0 Å². The highest BCUT2D eigenvalue weighted by molar-refractivity contribution is 7.89. The number of carbonyl (C=O) groups is 1. The quantitative estimate of drug-likeness (QED) is 0.346. The molecule has 1 amide bonds. The van der Waals surface area contributed by atoms with Crippen LogP contribution in [0.1, 0.15) is 12.0 Å². The second kappa shape index (κ2) is 11.0. The van der Waals surface area contributed by atoms with E-state index in [2.05, 4.69) is 15.0 Å². The number of benzene rings is 3. The molecule has 0 fully saturated rings. The molecule has 8 nitrogen and oxygen atoms in total. The van der Waals surface area contributed by atoms with Gasteiger partial charge in [0, 0.05) is 37.1 Å². The van der Waals surface area contributed by atoms with Crippen LogP contribution in [0.15, 0.2) is 90.1 Å². The third kappa shape index (κ3) is 6.34. The molecule has 4 rings (SSSR count). The van der Waals surface area contributed by atoms with E-state index in [9.17, 15) is 13.2 Å². The summed E-state index contributed by atoms with van der Waals surface area (Å²) in [5.41, 5.74) is 1.45. The zero-order chi connectivity index (χ0) is 24.7. The first-order valence-corrected chi connectivity index (χ1v) is 12.4. The van der Waals surface area contributed by atoms with Gasteiger partial charge in [-0.1, -0.05) is 30.3 Å². The number of carbonyl (C=O) groups excluding carboxylic acids is 1. The summed E-state index contributed by atoms with van der Waals surface area (Å²) in [5.74, 6) is 0.663. The van der Waals surface area contributed by atoms with Crippen molar-refractivity contribution in [2.75, 3.05) is 19.0 Å². The van der Waals surface area contributed by atoms with E-state index < -0.39 is 10.0 Å². The van der Waals surface area contributed by atoms with Gasteiger partial charge in [-0.3, -0.25) is 9.78 Å². The van der Waals surface area contributed by atoms with E-state index in [4.69, 9.17) is 9.47 Å². The summed E-state index contributed by atoms with van der Waals surface area (Å²) in [5, 5.41) is 4.54. The van der Waals surface area contributed by atoms with Gasteiger partial charge in [-0.25, -0.2) is 13.1 Å². The van der Waals surface area contributed by atoms with Gasteiger partial charge in [0.25, 0.3) is 0 Å². The highest BCUT2D eigenvalue weighted by Gasteiger charge is 2.15. The molecule has 35 heavy (non-hydrogen) atoms. The molecule has 4 aromatic rings. The number of hydrogen-bond donors (Lipinski definition) is 2. The molecule has 180 valence electrons. The zero-order valence-electron chi connectivity index (χ0n) is 19.1. The second-order valence-electron chi connectivity index (χ2n) is 7.71. The molecule has 1 heterocycles. The molecule has 3 aromatic carbocycles. The summed E-state index contributed by atoms with van der Waals surface area (Å²) < 4.78 is 39.0. The number of fused-ring (bicyclic) bond motifs is 1. The molecule has 0 radical (unpaired) electrons. The third-order valence-electron chi connectivity index (χ3n) is 5.27. The Morgan fingerprint density at radius 2 is 1.69 bits per heavy atom. The number of ether oxygens (including phenoxy) is 2. The molecule has 0 saturated carbocycles. The predicted octanol–water partition coefficient (Wildman–Crippen LogP) is 4.13. The number of nitrogens with one attached hydrogen (secondary N) is 2. The van der Waals surface area contributed by atoms with E-state index in [0.717, 1.165) is 16.3 Å². The number of hydrogen-bond acceptors (Lipinski definition) is 6. The van der Waals surface area contributed by atoms with Gasteiger partial charge in [0.15, 0.2) is 11.5 Å². The monoisotopic (exact) mass is 491 g/mol. The summed E-state index contributed by atoms with van der Waals surface area (Å²) in [4.78, 5) is 16.6. The van der Waals surface area contributed by atoms with Crippen molar-refractivity contribution in [1.29, 1.82) is 0 Å². The van der Waals surface area contributed by atoms with Gasteiger partial charge in [0.05, 0.1) is 12.0 Å². The maximum Gasteiger partial charge on any atom is 0.240 e. The summed E-state index contributed by atoms with van der Waals surface area (Å²) >= 11 is 0. The van der Waals surface area contributed by atoms with Gasteiger partial charge in [0.2, 0.25) is 15.9 Å². The molecule has 0 bridgehead atoms. The Balaban J connectivity index is 1.33. The van der Waals surface area contributed by atoms with Gasteiger partial charge in [-0.05, 0) is 52.7 Å². The predicted molar refractivity (Wildman–Crippen MR) is 134 cm³/mol. The largest absolute Gasteiger partial charge is 0.493 e. The lowest BCUT2D eigenvalue weighted by Crippen LogP contribution is -2.27. The maximum atomic E-state index is 12.6. The lowest BCUT2D eigenvalue weighted by atomic mass is 10.1. The Morgan fingerprint density at radius 1 is 0.914 bits per heavy atom. The minimum Gasteiger partial charge on any atom is -0.493 e. The van der Waals surface area contributed by atoms with E-state index in [1.54, 1.807) is 48.8 Å². The summed E-state index contributed by atoms with van der Waals surface area (Å²) in [7, 11) is -2.20. The number of rotatable bonds is 10. The van der Waals surface area contributed by atoms with Crippen LogP contribution in [-0.4, -0.2) is 33.0 Å². The van der Waals surface area contributed by atoms with Crippen LogP contribution in [0.5, 0.6) is 11.5 Å². The molecule has 0 saturated heterocycles. The molecule has 2 N–H and O–H groups in total. The van der Waals surface area contributed by atoms with E-state index in [-0.39, 0.29) is 23.8 Å². The topological polar surface area (TPSA) is 107 Å². The molecule has 1 aromatic heterocycles. The maximum absolute atomic E-state index is 12.6. The van der Waals surface area contributed by atoms with E-state index in [1.807, 2.05) is 36.4 Å². The number of nitrogens with zero attached hydrogens (tertiary/aromatic N) is 1. The highest BCUT2D eigenvalue weighted by atomic mass is 32.2. The average molecular weight is 492 g/mol. The van der Waals surface area contributed by atoms with Crippen molar-refractivity contribution in [3.8, 4) is 11.5 Å². The average Bonchev–Trinajstić information content (AvgIpc) is 2.87. The smallest absolute Gasteiger partial charge is 0.240 e. The fourth-order valence-corrected chi connectivity index (χ4v) is 4.51. The van der Waals surface area contributed by atoms with Crippen LogP contribution in [0.25, 0.3) is 10.8 Å². The fraction of sp³-hybridized carbons (Fsp3) is 0.154. The number of amides is 1. The molecule has 9 heteroatoms. The molecule has 0 spiro atoms. The minimum absolute atomic E-state index is 0.0357. The first-order chi connectivity index (χ1) is 16.9. The fourth-order valence-electron chi connectivity index (χ4n) is 3.45. The zero-order valence-corrected chi connectivity index (χ0v) is 19.9. The van der Waals surface area contributed by atoms with Gasteiger partial charge in [0.1, 0.15) is 6.61 Å². The molecule has 0 atom stereocenters. The molecular formula is C26H25N3O5S. The van der Waals surface area contributed by atoms with Crippen molar-refractivity contribution in [2.45, 2.75) is 17.9 Å². The SMILES string of the molecule is COc1ccc(NC(=O)CCNS(=O)(=O)c2ccc3ccccc3c2)cc1OCc1ccncc1. The van der Waals surface area contributed by atoms with Crippen LogP contribution in [0.3, 0.4) is 0 Å². The van der Waals surface area contributed by atoms with Crippen molar-refractivity contribution in [3.63, 3.8) is 0 Å². The molecular weight excluding hydrogens is 466 g/mol. The van der Waals surface area contributed by atoms with Gasteiger partial charge >= 0.3 is 0 Å². The van der Waals surface area contributed by atoms with Crippen molar-refractivity contribution in [1.82, 2.24) is 9.71 Å². The van der Waals surface area contributed by atoms with Crippen LogP contribution >= 0.6 is 0 Å². The summed E-state index contributed by atoms with van der Waals surface area (Å²) in [6.07, 6.45) is 3.33. The van der Waals surface area contributed by atoms with Gasteiger partial charge in [-0.2, -0.15) is 0 Å². The third-order valence-corrected chi connectivity index (χ3v) is 6.73. The number of anilines is 1. The lowest BCUT2D eigenvalue weighted by Gasteiger charge is -2.13. The van der Waals surface area contributed by atoms with Crippen LogP contribution in [-0.2, 0) is 21.4 Å². The Labute approximate surface area is 204 Å². The lowest BCUT2D eigenvalue weighted by molar-refractivity contribution is -0.116. The Kier molecular flexibility index (Phi) is 7.59. The molecule has 0 aliphatic rings. The second-order valence-corrected chi connectivity index (χ2v) is 9.48. The van der Waals surface area contributed by atoms with Gasteiger partial charge < -0.3 is 14.8 Å². The van der Waals surface area contributed by atoms with Crippen molar-refractivity contribution in [2.24, 2.45) is 0 Å². The summed E-state index contributed by atoms with van der Waals surface area (Å²) in [6, 6.07) is 21.2. The normalized spacial score (nSPS) is 11.2. The first-order valence-electron chi connectivity index (χ1n) is 10.9. The number of methoxy groups -OCH3 is 1. The Bertz CT molecular complexity index is 1430. The number of aromatic nitrogens is 1. The van der Waals surface area contributed by atoms with Crippen LogP contribution in [0, 0.1) is 0 Å². The summed E-state index contributed by atoms with van der Waals surface area (Å²) in [6.45, 7) is 0.273.